The van der Waals surface area contributed by atoms with Crippen molar-refractivity contribution in [3.05, 3.63) is 18.0 Å². The summed E-state index contributed by atoms with van der Waals surface area (Å²) in [4.78, 5) is 12.9. The van der Waals surface area contributed by atoms with Crippen LogP contribution >= 0.6 is 0 Å². The third-order valence-corrected chi connectivity index (χ3v) is 2.99. The average Bonchev–Trinajstić information content (AvgIpc) is 2.59. The van der Waals surface area contributed by atoms with Crippen molar-refractivity contribution >= 4 is 5.95 Å². The van der Waals surface area contributed by atoms with Crippen LogP contribution in [-0.2, 0) is 0 Å². The van der Waals surface area contributed by atoms with Crippen molar-refractivity contribution in [3.8, 4) is 0 Å². The first-order valence-electron chi connectivity index (χ1n) is 5.94. The number of aliphatic hydroxyl groups is 1. The van der Waals surface area contributed by atoms with E-state index in [9.17, 15) is 5.11 Å². The number of likely N-dealkylation sites (N-methyl/N-ethyl adjacent to an activating group) is 1. The third-order valence-electron chi connectivity index (χ3n) is 2.99. The molecule has 0 spiro atoms. The van der Waals surface area contributed by atoms with E-state index in [2.05, 4.69) is 19.8 Å². The molecule has 0 aromatic carbocycles. The van der Waals surface area contributed by atoms with Gasteiger partial charge in [-0.1, -0.05) is 0 Å². The van der Waals surface area contributed by atoms with Crippen molar-refractivity contribution < 1.29 is 5.11 Å². The van der Waals surface area contributed by atoms with E-state index in [1.807, 2.05) is 33.4 Å². The van der Waals surface area contributed by atoms with E-state index in [0.29, 0.717) is 12.6 Å². The number of aryl methyl sites for hydroxylation is 1. The summed E-state index contributed by atoms with van der Waals surface area (Å²) in [5.74, 6) is 0.721. The molecule has 1 aliphatic heterocycles. The number of nitrogens with zero attached hydrogens (tertiary/aromatic N) is 4. The third kappa shape index (κ3) is 2.92. The van der Waals surface area contributed by atoms with Gasteiger partial charge in [-0.2, -0.15) is 0 Å². The molecule has 5 heteroatoms. The van der Waals surface area contributed by atoms with Gasteiger partial charge in [-0.15, -0.1) is 0 Å². The van der Waals surface area contributed by atoms with Gasteiger partial charge in [-0.25, -0.2) is 9.97 Å². The van der Waals surface area contributed by atoms with Crippen LogP contribution in [0.2, 0.25) is 0 Å². The lowest BCUT2D eigenvalue weighted by atomic mass is 10.2. The molecule has 2 heterocycles. The second kappa shape index (κ2) is 4.98. The fraction of sp³-hybridized carbons (Fsp3) is 0.667. The summed E-state index contributed by atoms with van der Waals surface area (Å²) in [5, 5.41) is 9.78. The Labute approximate surface area is 102 Å². The highest BCUT2D eigenvalue weighted by Gasteiger charge is 2.32. The first-order chi connectivity index (χ1) is 8.06. The normalized spacial score (nSPS) is 24.6. The van der Waals surface area contributed by atoms with Crippen molar-refractivity contribution in [1.82, 2.24) is 14.9 Å². The summed E-state index contributed by atoms with van der Waals surface area (Å²) < 4.78 is 0. The molecule has 0 aliphatic carbocycles. The second-order valence-electron chi connectivity index (χ2n) is 5.02. The van der Waals surface area contributed by atoms with Gasteiger partial charge in [0.1, 0.15) is 0 Å². The van der Waals surface area contributed by atoms with Gasteiger partial charge in [0.2, 0.25) is 5.95 Å². The van der Waals surface area contributed by atoms with Crippen molar-refractivity contribution in [3.63, 3.8) is 0 Å². The van der Waals surface area contributed by atoms with Gasteiger partial charge < -0.3 is 14.9 Å². The van der Waals surface area contributed by atoms with Crippen LogP contribution in [0.1, 0.15) is 12.0 Å². The highest BCUT2D eigenvalue weighted by atomic mass is 16.3. The lowest BCUT2D eigenvalue weighted by molar-refractivity contribution is 0.191. The van der Waals surface area contributed by atoms with Crippen LogP contribution in [0.5, 0.6) is 0 Å². The van der Waals surface area contributed by atoms with E-state index >= 15 is 0 Å². The van der Waals surface area contributed by atoms with E-state index in [0.717, 1.165) is 24.5 Å². The number of rotatable bonds is 3. The largest absolute Gasteiger partial charge is 0.391 e. The van der Waals surface area contributed by atoms with E-state index in [1.54, 1.807) is 0 Å². The fourth-order valence-corrected chi connectivity index (χ4v) is 2.27. The van der Waals surface area contributed by atoms with E-state index in [1.165, 1.54) is 0 Å². The minimum Gasteiger partial charge on any atom is -0.391 e. The number of aliphatic hydroxyl groups excluding tert-OH is 1. The van der Waals surface area contributed by atoms with E-state index in [4.69, 9.17) is 0 Å². The predicted molar refractivity (Wildman–Crippen MR) is 67.1 cm³/mol. The second-order valence-corrected chi connectivity index (χ2v) is 5.02. The molecule has 2 atom stereocenters. The monoisotopic (exact) mass is 236 g/mol. The van der Waals surface area contributed by atoms with Gasteiger partial charge >= 0.3 is 0 Å². The molecule has 5 nitrogen and oxygen atoms in total. The molecule has 1 aliphatic rings. The van der Waals surface area contributed by atoms with Crippen molar-refractivity contribution in [1.29, 1.82) is 0 Å². The molecular weight excluding hydrogens is 216 g/mol. The van der Waals surface area contributed by atoms with Gasteiger partial charge in [0.15, 0.2) is 0 Å². The first-order valence-corrected chi connectivity index (χ1v) is 5.94. The van der Waals surface area contributed by atoms with Crippen molar-refractivity contribution in [2.45, 2.75) is 25.5 Å². The predicted octanol–water partition coefficient (Wildman–Crippen LogP) is 0.286. The molecule has 2 rings (SSSR count). The number of aromatic nitrogens is 2. The molecule has 0 bridgehead atoms. The standard InChI is InChI=1S/C12H20N4O/c1-9-5-13-12(14-6-9)16-8-11(17)4-10(16)7-15(2)3/h5-6,10-11,17H,4,7-8H2,1-3H3. The van der Waals surface area contributed by atoms with Gasteiger partial charge in [-0.3, -0.25) is 0 Å². The van der Waals surface area contributed by atoms with Gasteiger partial charge in [0, 0.05) is 31.5 Å². The molecular formula is C12H20N4O. The van der Waals surface area contributed by atoms with Crippen LogP contribution in [0.25, 0.3) is 0 Å². The van der Waals surface area contributed by atoms with E-state index in [-0.39, 0.29) is 6.10 Å². The van der Waals surface area contributed by atoms with Crippen LogP contribution < -0.4 is 4.90 Å². The Kier molecular flexibility index (Phi) is 3.59. The number of hydrogen-bond acceptors (Lipinski definition) is 5. The molecule has 0 radical (unpaired) electrons. The van der Waals surface area contributed by atoms with Crippen LogP contribution in [0.3, 0.4) is 0 Å². The van der Waals surface area contributed by atoms with Crippen molar-refractivity contribution in [2.24, 2.45) is 0 Å². The molecule has 17 heavy (non-hydrogen) atoms. The maximum absolute atomic E-state index is 9.78. The molecule has 94 valence electrons. The summed E-state index contributed by atoms with van der Waals surface area (Å²) in [7, 11) is 4.08. The van der Waals surface area contributed by atoms with Gasteiger partial charge in [-0.05, 0) is 33.0 Å². The van der Waals surface area contributed by atoms with Crippen LogP contribution in [-0.4, -0.2) is 59.3 Å². The molecule has 1 aromatic rings. The van der Waals surface area contributed by atoms with Gasteiger partial charge in [0.25, 0.3) is 0 Å². The SMILES string of the molecule is Cc1cnc(N2CC(O)CC2CN(C)C)nc1. The van der Waals surface area contributed by atoms with Crippen LogP contribution in [0.15, 0.2) is 12.4 Å². The lowest BCUT2D eigenvalue weighted by Crippen LogP contribution is -2.38. The quantitative estimate of drug-likeness (QED) is 0.817. The summed E-state index contributed by atoms with van der Waals surface area (Å²) >= 11 is 0. The zero-order chi connectivity index (χ0) is 12.4. The lowest BCUT2D eigenvalue weighted by Gasteiger charge is -2.26. The van der Waals surface area contributed by atoms with E-state index < -0.39 is 0 Å². The highest BCUT2D eigenvalue weighted by Crippen LogP contribution is 2.22. The number of anilines is 1. The minimum absolute atomic E-state index is 0.273. The maximum Gasteiger partial charge on any atom is 0.225 e. The highest BCUT2D eigenvalue weighted by molar-refractivity contribution is 5.34. The Hall–Kier alpha value is -1.20. The van der Waals surface area contributed by atoms with Crippen LogP contribution in [0, 0.1) is 6.92 Å². The number of hydrogen-bond donors (Lipinski definition) is 1. The molecule has 1 saturated heterocycles. The average molecular weight is 236 g/mol. The van der Waals surface area contributed by atoms with Gasteiger partial charge in [0.05, 0.1) is 6.10 Å². The minimum atomic E-state index is -0.273. The van der Waals surface area contributed by atoms with Crippen molar-refractivity contribution in [2.75, 3.05) is 32.1 Å². The molecule has 0 amide bonds. The summed E-state index contributed by atoms with van der Waals surface area (Å²) in [6, 6.07) is 0.294. The number of β-amino-alcohol motifs (C(OH)–C–C–N with tert-alkyl or cyclic N) is 1. The first kappa shape index (κ1) is 12.3. The molecule has 2 unspecified atom stereocenters. The fourth-order valence-electron chi connectivity index (χ4n) is 2.27. The summed E-state index contributed by atoms with van der Waals surface area (Å²) in [5.41, 5.74) is 1.05. The Morgan fingerprint density at radius 1 is 1.41 bits per heavy atom. The Morgan fingerprint density at radius 3 is 2.65 bits per heavy atom. The molecule has 1 aromatic heterocycles. The topological polar surface area (TPSA) is 52.5 Å². The zero-order valence-corrected chi connectivity index (χ0v) is 10.7. The maximum atomic E-state index is 9.78. The zero-order valence-electron chi connectivity index (χ0n) is 10.7. The summed E-state index contributed by atoms with van der Waals surface area (Å²) in [6.07, 6.45) is 4.15. The Bertz CT molecular complexity index is 365. The Morgan fingerprint density at radius 2 is 2.06 bits per heavy atom. The summed E-state index contributed by atoms with van der Waals surface area (Å²) in [6.45, 7) is 3.51. The molecule has 1 fully saturated rings. The Balaban J connectivity index is 2.14. The smallest absolute Gasteiger partial charge is 0.225 e. The molecule has 1 N–H and O–H groups in total. The van der Waals surface area contributed by atoms with Crippen LogP contribution in [0.4, 0.5) is 5.95 Å². The molecule has 0 saturated carbocycles.